The first-order valence-electron chi connectivity index (χ1n) is 7.54. The molecule has 1 aromatic heterocycles. The summed E-state index contributed by atoms with van der Waals surface area (Å²) >= 11 is 1.56. The fourth-order valence-corrected chi connectivity index (χ4v) is 4.53. The zero-order valence-electron chi connectivity index (χ0n) is 13.0. The molecule has 2 aromatic rings. The van der Waals surface area contributed by atoms with E-state index < -0.39 is 10.0 Å². The second-order valence-electron chi connectivity index (χ2n) is 5.36. The summed E-state index contributed by atoms with van der Waals surface area (Å²) in [6.07, 6.45) is 0. The van der Waals surface area contributed by atoms with Gasteiger partial charge in [0.05, 0.1) is 18.1 Å². The number of amides is 1. The number of nitrogens with zero attached hydrogens (tertiary/aromatic N) is 1. The zero-order valence-corrected chi connectivity index (χ0v) is 14.6. The highest BCUT2D eigenvalue weighted by Gasteiger charge is 2.26. The van der Waals surface area contributed by atoms with E-state index in [0.29, 0.717) is 38.4 Å². The van der Waals surface area contributed by atoms with Crippen molar-refractivity contribution in [3.05, 3.63) is 52.2 Å². The Bertz CT molecular complexity index is 797. The maximum Gasteiger partial charge on any atom is 0.251 e. The van der Waals surface area contributed by atoms with Crippen LogP contribution in [0.15, 0.2) is 46.0 Å². The highest BCUT2D eigenvalue weighted by Crippen LogP contribution is 2.18. The standard InChI is InChI=1S/C16H18N2O4S2/c19-16(17-11-13-4-9-23-12-13)14-2-1-3-15(10-14)24(20,21)18-5-7-22-8-6-18/h1-4,9-10,12H,5-8,11H2,(H,17,19). The minimum Gasteiger partial charge on any atom is -0.379 e. The van der Waals surface area contributed by atoms with Gasteiger partial charge < -0.3 is 10.1 Å². The number of hydrogen-bond donors (Lipinski definition) is 1. The van der Waals surface area contributed by atoms with Crippen LogP contribution in [-0.2, 0) is 21.3 Å². The molecule has 0 spiro atoms. The molecule has 0 saturated carbocycles. The van der Waals surface area contributed by atoms with Crippen LogP contribution in [-0.4, -0.2) is 44.9 Å². The Hall–Kier alpha value is -1.74. The van der Waals surface area contributed by atoms with Gasteiger partial charge in [0.1, 0.15) is 0 Å². The van der Waals surface area contributed by atoms with Crippen molar-refractivity contribution < 1.29 is 17.9 Å². The maximum atomic E-state index is 12.6. The van der Waals surface area contributed by atoms with Gasteiger partial charge in [-0.3, -0.25) is 4.79 Å². The molecule has 128 valence electrons. The summed E-state index contributed by atoms with van der Waals surface area (Å²) in [5.74, 6) is -0.291. The number of carbonyl (C=O) groups is 1. The van der Waals surface area contributed by atoms with E-state index in [9.17, 15) is 13.2 Å². The average Bonchev–Trinajstić information content (AvgIpc) is 3.14. The van der Waals surface area contributed by atoms with E-state index in [1.54, 1.807) is 23.5 Å². The Balaban J connectivity index is 1.74. The molecule has 1 fully saturated rings. The number of sulfonamides is 1. The van der Waals surface area contributed by atoms with Crippen molar-refractivity contribution in [1.29, 1.82) is 0 Å². The predicted octanol–water partition coefficient (Wildman–Crippen LogP) is 1.70. The first kappa shape index (κ1) is 17.1. The van der Waals surface area contributed by atoms with Crippen LogP contribution in [0, 0.1) is 0 Å². The third-order valence-corrected chi connectivity index (χ3v) is 6.36. The Morgan fingerprint density at radius 3 is 2.75 bits per heavy atom. The van der Waals surface area contributed by atoms with Crippen LogP contribution in [0.2, 0.25) is 0 Å². The minimum atomic E-state index is -3.60. The molecule has 6 nitrogen and oxygen atoms in total. The number of hydrogen-bond acceptors (Lipinski definition) is 5. The van der Waals surface area contributed by atoms with E-state index in [2.05, 4.69) is 5.32 Å². The summed E-state index contributed by atoms with van der Waals surface area (Å²) < 4.78 is 31.9. The number of ether oxygens (including phenoxy) is 1. The monoisotopic (exact) mass is 366 g/mol. The fourth-order valence-electron chi connectivity index (χ4n) is 2.41. The molecule has 0 aliphatic carbocycles. The molecule has 24 heavy (non-hydrogen) atoms. The van der Waals surface area contributed by atoms with Gasteiger partial charge in [0.2, 0.25) is 10.0 Å². The van der Waals surface area contributed by atoms with Gasteiger partial charge >= 0.3 is 0 Å². The van der Waals surface area contributed by atoms with Crippen molar-refractivity contribution in [1.82, 2.24) is 9.62 Å². The van der Waals surface area contributed by atoms with Crippen LogP contribution >= 0.6 is 11.3 Å². The van der Waals surface area contributed by atoms with Gasteiger partial charge in [-0.2, -0.15) is 15.6 Å². The highest BCUT2D eigenvalue weighted by atomic mass is 32.2. The van der Waals surface area contributed by atoms with Crippen molar-refractivity contribution >= 4 is 27.3 Å². The molecule has 1 saturated heterocycles. The van der Waals surface area contributed by atoms with Gasteiger partial charge in [-0.15, -0.1) is 0 Å². The lowest BCUT2D eigenvalue weighted by Crippen LogP contribution is -2.40. The number of rotatable bonds is 5. The van der Waals surface area contributed by atoms with Gasteiger partial charge in [-0.1, -0.05) is 6.07 Å². The van der Waals surface area contributed by atoms with E-state index in [4.69, 9.17) is 4.74 Å². The number of thiophene rings is 1. The van der Waals surface area contributed by atoms with Crippen molar-refractivity contribution in [2.45, 2.75) is 11.4 Å². The molecule has 1 aliphatic heterocycles. The minimum absolute atomic E-state index is 0.132. The SMILES string of the molecule is O=C(NCc1ccsc1)c1cccc(S(=O)(=O)N2CCOCC2)c1. The first-order valence-corrected chi connectivity index (χ1v) is 9.93. The van der Waals surface area contributed by atoms with Crippen LogP contribution in [0.5, 0.6) is 0 Å². The van der Waals surface area contributed by atoms with Crippen molar-refractivity contribution in [2.24, 2.45) is 0 Å². The summed E-state index contributed by atoms with van der Waals surface area (Å²) in [6, 6.07) is 8.08. The molecule has 0 bridgehead atoms. The fraction of sp³-hybridized carbons (Fsp3) is 0.312. The normalized spacial score (nSPS) is 16.0. The molecule has 1 N–H and O–H groups in total. The Morgan fingerprint density at radius 1 is 1.25 bits per heavy atom. The van der Waals surface area contributed by atoms with E-state index in [-0.39, 0.29) is 10.8 Å². The van der Waals surface area contributed by atoms with Gasteiger partial charge in [0.15, 0.2) is 0 Å². The number of benzene rings is 1. The lowest BCUT2D eigenvalue weighted by atomic mass is 10.2. The van der Waals surface area contributed by atoms with Crippen LogP contribution in [0.3, 0.4) is 0 Å². The molecular weight excluding hydrogens is 348 g/mol. The molecular formula is C16H18N2O4S2. The smallest absolute Gasteiger partial charge is 0.251 e. The van der Waals surface area contributed by atoms with E-state index in [1.165, 1.54) is 16.4 Å². The summed E-state index contributed by atoms with van der Waals surface area (Å²) in [6.45, 7) is 1.86. The van der Waals surface area contributed by atoms with Gasteiger partial charge in [-0.25, -0.2) is 8.42 Å². The second kappa shape index (κ2) is 7.43. The largest absolute Gasteiger partial charge is 0.379 e. The summed E-state index contributed by atoms with van der Waals surface area (Å²) in [4.78, 5) is 12.4. The van der Waals surface area contributed by atoms with Crippen molar-refractivity contribution in [2.75, 3.05) is 26.3 Å². The summed E-state index contributed by atoms with van der Waals surface area (Å²) in [7, 11) is -3.60. The van der Waals surface area contributed by atoms with Gasteiger partial charge in [0, 0.05) is 25.2 Å². The maximum absolute atomic E-state index is 12.6. The zero-order chi connectivity index (χ0) is 17.0. The van der Waals surface area contributed by atoms with Crippen molar-refractivity contribution in [3.8, 4) is 0 Å². The van der Waals surface area contributed by atoms with E-state index >= 15 is 0 Å². The molecule has 0 atom stereocenters. The third-order valence-electron chi connectivity index (χ3n) is 3.74. The summed E-state index contributed by atoms with van der Waals surface area (Å²) in [5.41, 5.74) is 1.35. The van der Waals surface area contributed by atoms with Gasteiger partial charge in [-0.05, 0) is 40.6 Å². The quantitative estimate of drug-likeness (QED) is 0.874. The first-order chi connectivity index (χ1) is 11.6. The molecule has 1 aliphatic rings. The molecule has 2 heterocycles. The molecule has 0 radical (unpaired) electrons. The highest BCUT2D eigenvalue weighted by molar-refractivity contribution is 7.89. The summed E-state index contributed by atoms with van der Waals surface area (Å²) in [5, 5.41) is 6.70. The average molecular weight is 366 g/mol. The molecule has 1 amide bonds. The predicted molar refractivity (Wildman–Crippen MR) is 91.5 cm³/mol. The van der Waals surface area contributed by atoms with E-state index in [1.807, 2.05) is 16.8 Å². The van der Waals surface area contributed by atoms with Crippen LogP contribution < -0.4 is 5.32 Å². The number of morpholine rings is 1. The molecule has 0 unspecified atom stereocenters. The number of carbonyl (C=O) groups excluding carboxylic acids is 1. The topological polar surface area (TPSA) is 75.7 Å². The third kappa shape index (κ3) is 3.84. The van der Waals surface area contributed by atoms with Crippen molar-refractivity contribution in [3.63, 3.8) is 0 Å². The lowest BCUT2D eigenvalue weighted by Gasteiger charge is -2.26. The van der Waals surface area contributed by atoms with Crippen LogP contribution in [0.1, 0.15) is 15.9 Å². The van der Waals surface area contributed by atoms with Gasteiger partial charge in [0.25, 0.3) is 5.91 Å². The van der Waals surface area contributed by atoms with Crippen LogP contribution in [0.25, 0.3) is 0 Å². The Kier molecular flexibility index (Phi) is 5.30. The van der Waals surface area contributed by atoms with Crippen LogP contribution in [0.4, 0.5) is 0 Å². The van der Waals surface area contributed by atoms with E-state index in [0.717, 1.165) is 5.56 Å². The lowest BCUT2D eigenvalue weighted by molar-refractivity contribution is 0.0730. The Labute approximate surface area is 145 Å². The molecule has 8 heteroatoms. The molecule has 1 aromatic carbocycles. The molecule has 3 rings (SSSR count). The Morgan fingerprint density at radius 2 is 2.04 bits per heavy atom. The number of nitrogens with one attached hydrogen (secondary N) is 1. The second-order valence-corrected chi connectivity index (χ2v) is 8.08.